The summed E-state index contributed by atoms with van der Waals surface area (Å²) in [5.74, 6) is -0.345. The summed E-state index contributed by atoms with van der Waals surface area (Å²) in [6.45, 7) is 8.30. The van der Waals surface area contributed by atoms with Crippen LogP contribution in [0.25, 0.3) is 0 Å². The van der Waals surface area contributed by atoms with Gasteiger partial charge in [0.1, 0.15) is 6.04 Å². The van der Waals surface area contributed by atoms with Gasteiger partial charge in [-0.1, -0.05) is 19.9 Å². The van der Waals surface area contributed by atoms with E-state index in [9.17, 15) is 19.2 Å². The number of carbonyl (C=O) groups excluding carboxylic acids is 4. The van der Waals surface area contributed by atoms with Crippen LogP contribution in [-0.2, 0) is 23.9 Å². The lowest BCUT2D eigenvalue weighted by Gasteiger charge is -2.33. The van der Waals surface area contributed by atoms with Crippen molar-refractivity contribution in [2.24, 2.45) is 5.92 Å². The van der Waals surface area contributed by atoms with E-state index in [1.807, 2.05) is 13.8 Å². The van der Waals surface area contributed by atoms with E-state index in [1.54, 1.807) is 29.8 Å². The number of morpholine rings is 1. The predicted octanol–water partition coefficient (Wildman–Crippen LogP) is 0.0115. The lowest BCUT2D eigenvalue weighted by atomic mass is 9.99. The normalized spacial score (nSPS) is 20.8. The van der Waals surface area contributed by atoms with Crippen molar-refractivity contribution in [3.8, 4) is 0 Å². The largest absolute Gasteiger partial charge is 0.378 e. The number of carbonyl (C=O) groups is 4. The lowest BCUT2D eigenvalue weighted by molar-refractivity contribution is -0.145. The van der Waals surface area contributed by atoms with E-state index in [-0.39, 0.29) is 36.2 Å². The molecular formula is C21H34N4O5. The summed E-state index contributed by atoms with van der Waals surface area (Å²) in [4.78, 5) is 53.8. The molecule has 9 nitrogen and oxygen atoms in total. The summed E-state index contributed by atoms with van der Waals surface area (Å²) in [7, 11) is 1.66. The Morgan fingerprint density at radius 1 is 1.20 bits per heavy atom. The van der Waals surface area contributed by atoms with Gasteiger partial charge in [-0.2, -0.15) is 0 Å². The number of nitrogens with one attached hydrogen (secondary N) is 1. The Kier molecular flexibility index (Phi) is 8.83. The Labute approximate surface area is 178 Å². The molecular weight excluding hydrogens is 388 g/mol. The van der Waals surface area contributed by atoms with E-state index in [1.165, 1.54) is 4.90 Å². The van der Waals surface area contributed by atoms with Gasteiger partial charge in [-0.3, -0.25) is 19.2 Å². The van der Waals surface area contributed by atoms with Gasteiger partial charge in [-0.25, -0.2) is 0 Å². The van der Waals surface area contributed by atoms with Crippen LogP contribution in [0.15, 0.2) is 11.6 Å². The predicted molar refractivity (Wildman–Crippen MR) is 111 cm³/mol. The highest BCUT2D eigenvalue weighted by Crippen LogP contribution is 2.23. The maximum atomic E-state index is 13.2. The van der Waals surface area contributed by atoms with E-state index in [2.05, 4.69) is 5.32 Å². The van der Waals surface area contributed by atoms with E-state index < -0.39 is 6.04 Å². The van der Waals surface area contributed by atoms with Crippen molar-refractivity contribution in [2.75, 3.05) is 46.4 Å². The minimum absolute atomic E-state index is 0.00964. The third-order valence-electron chi connectivity index (χ3n) is 5.74. The minimum Gasteiger partial charge on any atom is -0.378 e. The molecule has 0 aromatic rings. The fourth-order valence-corrected chi connectivity index (χ4v) is 3.99. The van der Waals surface area contributed by atoms with Gasteiger partial charge in [0.2, 0.25) is 24.1 Å². The van der Waals surface area contributed by atoms with Crippen molar-refractivity contribution >= 4 is 24.1 Å². The van der Waals surface area contributed by atoms with Crippen LogP contribution >= 0.6 is 0 Å². The smallest absolute Gasteiger partial charge is 0.249 e. The molecule has 0 aromatic heterocycles. The maximum Gasteiger partial charge on any atom is 0.249 e. The van der Waals surface area contributed by atoms with Crippen molar-refractivity contribution in [3.63, 3.8) is 0 Å². The molecule has 4 amide bonds. The lowest BCUT2D eigenvalue weighted by Crippen LogP contribution is -2.51. The van der Waals surface area contributed by atoms with Crippen LogP contribution < -0.4 is 5.32 Å². The van der Waals surface area contributed by atoms with Gasteiger partial charge in [-0.05, 0) is 25.7 Å². The second kappa shape index (κ2) is 11.1. The number of hydrogen-bond donors (Lipinski definition) is 1. The second-order valence-electron chi connectivity index (χ2n) is 8.18. The zero-order chi connectivity index (χ0) is 22.3. The number of likely N-dealkylation sites (tertiary alicyclic amines) is 1. The average molecular weight is 423 g/mol. The van der Waals surface area contributed by atoms with Crippen LogP contribution in [0.2, 0.25) is 0 Å². The first-order chi connectivity index (χ1) is 14.3. The van der Waals surface area contributed by atoms with Crippen LogP contribution in [0.5, 0.6) is 0 Å². The van der Waals surface area contributed by atoms with Gasteiger partial charge in [0.25, 0.3) is 0 Å². The monoisotopic (exact) mass is 422 g/mol. The highest BCUT2D eigenvalue weighted by atomic mass is 16.5. The third kappa shape index (κ3) is 5.81. The molecule has 2 aliphatic rings. The van der Waals surface area contributed by atoms with Crippen LogP contribution in [0.3, 0.4) is 0 Å². The zero-order valence-electron chi connectivity index (χ0n) is 18.4. The van der Waals surface area contributed by atoms with Gasteiger partial charge in [0.15, 0.2) is 0 Å². The Bertz CT molecular complexity index is 672. The molecule has 2 atom stereocenters. The van der Waals surface area contributed by atoms with E-state index in [0.717, 1.165) is 6.42 Å². The van der Waals surface area contributed by atoms with Gasteiger partial charge in [0, 0.05) is 32.3 Å². The fraction of sp³-hybridized carbons (Fsp3) is 0.714. The molecule has 2 fully saturated rings. The number of hydrogen-bond acceptors (Lipinski definition) is 5. The standard InChI is InChI=1S/C21H34N4O5/c1-15(2)18(23(4)19(27)13-22-14-26)12-16(3)20(28)25-7-5-6-17(25)21(29)24-8-10-30-11-9-24/h12,14-15,17-18H,5-11,13H2,1-4H3,(H,22,26)/t17-,18+/m0/s1. The summed E-state index contributed by atoms with van der Waals surface area (Å²) >= 11 is 0. The van der Waals surface area contributed by atoms with Gasteiger partial charge in [0.05, 0.1) is 25.8 Å². The molecule has 0 aromatic carbocycles. The van der Waals surface area contributed by atoms with Crippen molar-refractivity contribution < 1.29 is 23.9 Å². The van der Waals surface area contributed by atoms with Gasteiger partial charge >= 0.3 is 0 Å². The molecule has 2 rings (SSSR count). The summed E-state index contributed by atoms with van der Waals surface area (Å²) in [5.41, 5.74) is 0.512. The first kappa shape index (κ1) is 23.9. The molecule has 30 heavy (non-hydrogen) atoms. The van der Waals surface area contributed by atoms with Gasteiger partial charge < -0.3 is 24.8 Å². The van der Waals surface area contributed by atoms with Crippen LogP contribution in [0.4, 0.5) is 0 Å². The highest BCUT2D eigenvalue weighted by Gasteiger charge is 2.37. The van der Waals surface area contributed by atoms with Crippen LogP contribution in [0, 0.1) is 5.92 Å². The Balaban J connectivity index is 2.12. The molecule has 9 heteroatoms. The molecule has 2 heterocycles. The molecule has 0 saturated carbocycles. The minimum atomic E-state index is -0.437. The molecule has 1 N–H and O–H groups in total. The molecule has 168 valence electrons. The number of likely N-dealkylation sites (N-methyl/N-ethyl adjacent to an activating group) is 1. The topological polar surface area (TPSA) is 99.3 Å². The Hall–Kier alpha value is -2.42. The Morgan fingerprint density at radius 3 is 2.47 bits per heavy atom. The van der Waals surface area contributed by atoms with Gasteiger partial charge in [-0.15, -0.1) is 0 Å². The summed E-state index contributed by atoms with van der Waals surface area (Å²) < 4.78 is 5.32. The molecule has 2 saturated heterocycles. The summed E-state index contributed by atoms with van der Waals surface area (Å²) in [6, 6.07) is -0.737. The number of amides is 4. The van der Waals surface area contributed by atoms with E-state index in [0.29, 0.717) is 51.3 Å². The quantitative estimate of drug-likeness (QED) is 0.439. The first-order valence-electron chi connectivity index (χ1n) is 10.6. The van der Waals surface area contributed by atoms with Crippen molar-refractivity contribution in [3.05, 3.63) is 11.6 Å². The van der Waals surface area contributed by atoms with Crippen LogP contribution in [-0.4, -0.2) is 97.4 Å². The molecule has 0 aliphatic carbocycles. The second-order valence-corrected chi connectivity index (χ2v) is 8.18. The maximum absolute atomic E-state index is 13.2. The molecule has 0 unspecified atom stereocenters. The zero-order valence-corrected chi connectivity index (χ0v) is 18.4. The fourth-order valence-electron chi connectivity index (χ4n) is 3.99. The van der Waals surface area contributed by atoms with Crippen LogP contribution in [0.1, 0.15) is 33.6 Å². The number of ether oxygens (including phenoxy) is 1. The number of rotatable bonds is 8. The van der Waals surface area contributed by atoms with E-state index in [4.69, 9.17) is 4.74 Å². The number of nitrogens with zero attached hydrogens (tertiary/aromatic N) is 3. The highest BCUT2D eigenvalue weighted by molar-refractivity contribution is 5.97. The third-order valence-corrected chi connectivity index (χ3v) is 5.74. The van der Waals surface area contributed by atoms with Crippen molar-refractivity contribution in [1.29, 1.82) is 0 Å². The molecule has 0 radical (unpaired) electrons. The molecule has 0 bridgehead atoms. The summed E-state index contributed by atoms with van der Waals surface area (Å²) in [5, 5.41) is 2.37. The van der Waals surface area contributed by atoms with E-state index >= 15 is 0 Å². The Morgan fingerprint density at radius 2 is 1.87 bits per heavy atom. The van der Waals surface area contributed by atoms with Crippen molar-refractivity contribution in [1.82, 2.24) is 20.0 Å². The average Bonchev–Trinajstić information content (AvgIpc) is 3.24. The first-order valence-corrected chi connectivity index (χ1v) is 10.6. The van der Waals surface area contributed by atoms with Crippen molar-refractivity contribution in [2.45, 2.75) is 45.7 Å². The molecule has 0 spiro atoms. The SMILES string of the molecule is CC(=C[C@H](C(C)C)N(C)C(=O)CNC=O)C(=O)N1CCC[C@H]1C(=O)N1CCOCC1. The summed E-state index contributed by atoms with van der Waals surface area (Å²) in [6.07, 6.45) is 3.74. The molecule has 2 aliphatic heterocycles.